The zero-order valence-electron chi connectivity index (χ0n) is 15.4. The highest BCUT2D eigenvalue weighted by atomic mass is 35.5. The summed E-state index contributed by atoms with van der Waals surface area (Å²) in [4.78, 5) is 13.7. The van der Waals surface area contributed by atoms with Crippen molar-refractivity contribution in [3.8, 4) is 0 Å². The van der Waals surface area contributed by atoms with Crippen LogP contribution < -0.4 is 5.32 Å². The van der Waals surface area contributed by atoms with Gasteiger partial charge in [-0.2, -0.15) is 0 Å². The number of hydrogen-bond acceptors (Lipinski definition) is 4. The molecule has 1 N–H and O–H groups in total. The van der Waals surface area contributed by atoms with Crippen LogP contribution >= 0.6 is 35.0 Å². The van der Waals surface area contributed by atoms with Gasteiger partial charge in [-0.15, -0.1) is 0 Å². The van der Waals surface area contributed by atoms with E-state index in [-0.39, 0.29) is 16.6 Å². The average molecular weight is 476 g/mol. The molecule has 0 radical (unpaired) electrons. The van der Waals surface area contributed by atoms with Gasteiger partial charge in [-0.3, -0.25) is 4.79 Å². The number of fused-ring (bicyclic) bond motifs is 1. The van der Waals surface area contributed by atoms with Gasteiger partial charge in [0.2, 0.25) is 0 Å². The number of nitrogens with one attached hydrogen (secondary N) is 1. The molecular weight excluding hydrogens is 461 g/mol. The fourth-order valence-corrected chi connectivity index (χ4v) is 6.16. The average Bonchev–Trinajstić information content (AvgIpc) is 2.72. The van der Waals surface area contributed by atoms with Crippen LogP contribution in [0.1, 0.15) is 11.1 Å². The van der Waals surface area contributed by atoms with Gasteiger partial charge in [-0.1, -0.05) is 71.4 Å². The minimum Gasteiger partial charge on any atom is -0.320 e. The van der Waals surface area contributed by atoms with Crippen molar-refractivity contribution >= 4 is 62.5 Å². The standard InChI is InChI=1S/C22H15Cl2NO3S2/c23-17-7-4-8-18(24)16(17)13-30(27,28)15-9-10-19-20(12-15)29-21(22(26)25-19)11-14-5-2-1-3-6-14/h1-12H,13H2,(H,25,26). The minimum atomic E-state index is -3.70. The van der Waals surface area contributed by atoms with Crippen molar-refractivity contribution < 1.29 is 13.2 Å². The van der Waals surface area contributed by atoms with Gasteiger partial charge in [-0.25, -0.2) is 8.42 Å². The van der Waals surface area contributed by atoms with Crippen molar-refractivity contribution in [1.29, 1.82) is 0 Å². The molecule has 1 heterocycles. The van der Waals surface area contributed by atoms with Crippen LogP contribution in [0.4, 0.5) is 5.69 Å². The number of carbonyl (C=O) groups is 1. The molecule has 4 rings (SSSR count). The molecule has 4 nitrogen and oxygen atoms in total. The number of sulfone groups is 1. The molecule has 3 aromatic carbocycles. The fraction of sp³-hybridized carbons (Fsp3) is 0.0455. The Balaban J connectivity index is 1.66. The first-order chi connectivity index (χ1) is 14.3. The molecule has 0 fully saturated rings. The van der Waals surface area contributed by atoms with Crippen LogP contribution in [0.5, 0.6) is 0 Å². The highest BCUT2D eigenvalue weighted by Gasteiger charge is 2.25. The highest BCUT2D eigenvalue weighted by molar-refractivity contribution is 8.04. The predicted molar refractivity (Wildman–Crippen MR) is 123 cm³/mol. The largest absolute Gasteiger partial charge is 0.320 e. The molecule has 8 heteroatoms. The van der Waals surface area contributed by atoms with E-state index >= 15 is 0 Å². The first kappa shape index (κ1) is 21.0. The summed E-state index contributed by atoms with van der Waals surface area (Å²) >= 11 is 13.5. The Bertz CT molecular complexity index is 1250. The normalized spacial score (nSPS) is 15.0. The molecule has 1 aliphatic rings. The summed E-state index contributed by atoms with van der Waals surface area (Å²) < 4.78 is 26.0. The Morgan fingerprint density at radius 1 is 0.933 bits per heavy atom. The molecule has 0 saturated heterocycles. The van der Waals surface area contributed by atoms with Gasteiger partial charge in [0.1, 0.15) is 0 Å². The van der Waals surface area contributed by atoms with Crippen LogP contribution in [0.25, 0.3) is 6.08 Å². The summed E-state index contributed by atoms with van der Waals surface area (Å²) in [6, 6.07) is 19.0. The Morgan fingerprint density at radius 2 is 1.63 bits per heavy atom. The Morgan fingerprint density at radius 3 is 2.33 bits per heavy atom. The predicted octanol–water partition coefficient (Wildman–Crippen LogP) is 6.05. The molecule has 30 heavy (non-hydrogen) atoms. The Hall–Kier alpha value is -2.25. The third-order valence-electron chi connectivity index (χ3n) is 4.50. The molecule has 1 aliphatic heterocycles. The third-order valence-corrected chi connectivity index (χ3v) is 7.93. The van der Waals surface area contributed by atoms with E-state index in [1.54, 1.807) is 36.4 Å². The highest BCUT2D eigenvalue weighted by Crippen LogP contribution is 2.40. The van der Waals surface area contributed by atoms with Crippen molar-refractivity contribution in [3.63, 3.8) is 0 Å². The summed E-state index contributed by atoms with van der Waals surface area (Å²) in [5.74, 6) is -0.539. The topological polar surface area (TPSA) is 63.2 Å². The number of hydrogen-bond donors (Lipinski definition) is 1. The lowest BCUT2D eigenvalue weighted by Gasteiger charge is -2.19. The number of anilines is 1. The summed E-state index contributed by atoms with van der Waals surface area (Å²) in [6.45, 7) is 0. The quantitative estimate of drug-likeness (QED) is 0.466. The van der Waals surface area contributed by atoms with E-state index in [9.17, 15) is 13.2 Å². The van der Waals surface area contributed by atoms with Crippen LogP contribution in [0.3, 0.4) is 0 Å². The number of carbonyl (C=O) groups excluding carboxylic acids is 1. The summed E-state index contributed by atoms with van der Waals surface area (Å²) in [5, 5.41) is 3.42. The summed E-state index contributed by atoms with van der Waals surface area (Å²) in [7, 11) is -3.70. The smallest absolute Gasteiger partial charge is 0.262 e. The van der Waals surface area contributed by atoms with Crippen LogP contribution in [0.2, 0.25) is 10.0 Å². The van der Waals surface area contributed by atoms with E-state index in [0.717, 1.165) is 5.56 Å². The van der Waals surface area contributed by atoms with E-state index in [2.05, 4.69) is 5.32 Å². The molecule has 0 bridgehead atoms. The van der Waals surface area contributed by atoms with E-state index in [1.165, 1.54) is 17.8 Å². The van der Waals surface area contributed by atoms with Crippen molar-refractivity contribution in [3.05, 3.63) is 92.8 Å². The number of rotatable bonds is 4. The van der Waals surface area contributed by atoms with Gasteiger partial charge in [0, 0.05) is 20.5 Å². The third kappa shape index (κ3) is 4.42. The second kappa shape index (κ2) is 8.47. The fourth-order valence-electron chi connectivity index (χ4n) is 2.97. The summed E-state index contributed by atoms with van der Waals surface area (Å²) in [5.41, 5.74) is 1.82. The van der Waals surface area contributed by atoms with Crippen molar-refractivity contribution in [2.45, 2.75) is 15.5 Å². The molecule has 0 spiro atoms. The maximum absolute atomic E-state index is 13.0. The van der Waals surface area contributed by atoms with Crippen molar-refractivity contribution in [2.24, 2.45) is 0 Å². The molecule has 0 aromatic heterocycles. The second-order valence-electron chi connectivity index (χ2n) is 6.59. The van der Waals surface area contributed by atoms with E-state index in [0.29, 0.717) is 31.1 Å². The monoisotopic (exact) mass is 475 g/mol. The van der Waals surface area contributed by atoms with Gasteiger partial charge in [0.25, 0.3) is 5.91 Å². The molecular formula is C22H15Cl2NO3S2. The number of amides is 1. The molecule has 0 unspecified atom stereocenters. The zero-order valence-corrected chi connectivity index (χ0v) is 18.6. The lowest BCUT2D eigenvalue weighted by molar-refractivity contribution is -0.112. The SMILES string of the molecule is O=C1Nc2ccc(S(=O)(=O)Cc3c(Cl)cccc3Cl)cc2SC1=Cc1ccccc1. The number of thioether (sulfide) groups is 1. The Kier molecular flexibility index (Phi) is 5.93. The maximum Gasteiger partial charge on any atom is 0.262 e. The molecule has 152 valence electrons. The molecule has 0 saturated carbocycles. The van der Waals surface area contributed by atoms with Crippen molar-refractivity contribution in [2.75, 3.05) is 5.32 Å². The zero-order chi connectivity index (χ0) is 21.3. The first-order valence-electron chi connectivity index (χ1n) is 8.89. The lowest BCUT2D eigenvalue weighted by Crippen LogP contribution is -2.17. The molecule has 1 amide bonds. The van der Waals surface area contributed by atoms with Crippen LogP contribution in [-0.4, -0.2) is 14.3 Å². The maximum atomic E-state index is 13.0. The van der Waals surface area contributed by atoms with Crippen LogP contribution in [0.15, 0.2) is 81.4 Å². The second-order valence-corrected chi connectivity index (χ2v) is 10.5. The minimum absolute atomic E-state index is 0.139. The number of benzene rings is 3. The van der Waals surface area contributed by atoms with E-state index < -0.39 is 9.84 Å². The van der Waals surface area contributed by atoms with Gasteiger partial charge < -0.3 is 5.32 Å². The molecule has 0 aliphatic carbocycles. The summed E-state index contributed by atoms with van der Waals surface area (Å²) in [6.07, 6.45) is 1.77. The van der Waals surface area contributed by atoms with Crippen molar-refractivity contribution in [1.82, 2.24) is 0 Å². The molecule has 0 atom stereocenters. The van der Waals surface area contributed by atoms with Crippen LogP contribution in [0, 0.1) is 0 Å². The Labute approximate surface area is 188 Å². The van der Waals surface area contributed by atoms with E-state index in [4.69, 9.17) is 23.2 Å². The van der Waals surface area contributed by atoms with Gasteiger partial charge in [-0.05, 0) is 42.0 Å². The molecule has 3 aromatic rings. The van der Waals surface area contributed by atoms with Gasteiger partial charge >= 0.3 is 0 Å². The van der Waals surface area contributed by atoms with Gasteiger partial charge in [0.15, 0.2) is 9.84 Å². The lowest BCUT2D eigenvalue weighted by atomic mass is 10.2. The van der Waals surface area contributed by atoms with Gasteiger partial charge in [0.05, 0.1) is 21.2 Å². The first-order valence-corrected chi connectivity index (χ1v) is 12.1. The number of halogens is 2. The van der Waals surface area contributed by atoms with E-state index in [1.807, 2.05) is 30.3 Å². The van der Waals surface area contributed by atoms with Crippen LogP contribution in [-0.2, 0) is 20.4 Å².